The second-order valence-electron chi connectivity index (χ2n) is 5.47. The zero-order valence-electron chi connectivity index (χ0n) is 13.1. The molecular formula is C17H16N4O3. The maximum absolute atomic E-state index is 12.2. The molecule has 122 valence electrons. The molecule has 2 aromatic rings. The van der Waals surface area contributed by atoms with E-state index in [-0.39, 0.29) is 30.7 Å². The Balaban J connectivity index is 1.63. The summed E-state index contributed by atoms with van der Waals surface area (Å²) in [5, 5.41) is 2.71. The molecule has 0 saturated heterocycles. The SMILES string of the molecule is Cc1nc(N)ccc1NC(=O)CCN1C(=O)c2ccccc2C1=O. The van der Waals surface area contributed by atoms with E-state index in [2.05, 4.69) is 10.3 Å². The Morgan fingerprint density at radius 3 is 2.33 bits per heavy atom. The van der Waals surface area contributed by atoms with Gasteiger partial charge in [0.05, 0.1) is 22.5 Å². The summed E-state index contributed by atoms with van der Waals surface area (Å²) in [6.45, 7) is 1.76. The highest BCUT2D eigenvalue weighted by atomic mass is 16.2. The first-order valence-electron chi connectivity index (χ1n) is 7.45. The smallest absolute Gasteiger partial charge is 0.261 e. The maximum Gasteiger partial charge on any atom is 0.261 e. The van der Waals surface area contributed by atoms with Crippen molar-refractivity contribution in [2.45, 2.75) is 13.3 Å². The van der Waals surface area contributed by atoms with Gasteiger partial charge in [-0.15, -0.1) is 0 Å². The molecule has 0 radical (unpaired) electrons. The fourth-order valence-corrected chi connectivity index (χ4v) is 2.58. The number of aryl methyl sites for hydroxylation is 1. The molecule has 1 aromatic carbocycles. The topological polar surface area (TPSA) is 105 Å². The molecule has 0 bridgehead atoms. The molecule has 0 unspecified atom stereocenters. The molecule has 1 aliphatic rings. The lowest BCUT2D eigenvalue weighted by molar-refractivity contribution is -0.116. The molecule has 0 saturated carbocycles. The van der Waals surface area contributed by atoms with Crippen LogP contribution in [0.25, 0.3) is 0 Å². The van der Waals surface area contributed by atoms with Gasteiger partial charge >= 0.3 is 0 Å². The molecule has 0 fully saturated rings. The number of nitrogen functional groups attached to an aromatic ring is 1. The number of nitrogens with zero attached hydrogens (tertiary/aromatic N) is 2. The van der Waals surface area contributed by atoms with Crippen molar-refractivity contribution in [1.29, 1.82) is 0 Å². The van der Waals surface area contributed by atoms with Crippen LogP contribution in [0.5, 0.6) is 0 Å². The van der Waals surface area contributed by atoms with Gasteiger partial charge in [0.2, 0.25) is 5.91 Å². The van der Waals surface area contributed by atoms with Crippen molar-refractivity contribution in [1.82, 2.24) is 9.88 Å². The number of benzene rings is 1. The summed E-state index contributed by atoms with van der Waals surface area (Å²) in [6, 6.07) is 9.89. The summed E-state index contributed by atoms with van der Waals surface area (Å²) in [5.41, 5.74) is 7.47. The number of fused-ring (bicyclic) bond motifs is 1. The summed E-state index contributed by atoms with van der Waals surface area (Å²) in [5.74, 6) is -0.666. The van der Waals surface area contributed by atoms with Gasteiger partial charge < -0.3 is 11.1 Å². The molecule has 0 spiro atoms. The van der Waals surface area contributed by atoms with Crippen LogP contribution in [-0.4, -0.2) is 34.2 Å². The largest absolute Gasteiger partial charge is 0.384 e. The Labute approximate surface area is 138 Å². The molecule has 24 heavy (non-hydrogen) atoms. The fraction of sp³-hybridized carbons (Fsp3) is 0.176. The summed E-state index contributed by atoms with van der Waals surface area (Å²) in [6.07, 6.45) is 0.00921. The first-order chi connectivity index (χ1) is 11.5. The number of nitrogens with two attached hydrogens (primary N) is 1. The molecule has 7 heteroatoms. The number of amides is 3. The average Bonchev–Trinajstić information content (AvgIpc) is 2.80. The van der Waals surface area contributed by atoms with Gasteiger partial charge in [-0.25, -0.2) is 4.98 Å². The van der Waals surface area contributed by atoms with E-state index in [4.69, 9.17) is 5.73 Å². The molecule has 1 aliphatic heterocycles. The summed E-state index contributed by atoms with van der Waals surface area (Å²) < 4.78 is 0. The van der Waals surface area contributed by atoms with Crippen LogP contribution in [0.4, 0.5) is 11.5 Å². The molecular weight excluding hydrogens is 308 g/mol. The summed E-state index contributed by atoms with van der Waals surface area (Å²) >= 11 is 0. The third-order valence-electron chi connectivity index (χ3n) is 3.82. The predicted molar refractivity (Wildman–Crippen MR) is 88.4 cm³/mol. The lowest BCUT2D eigenvalue weighted by Gasteiger charge is -2.14. The zero-order chi connectivity index (χ0) is 17.3. The molecule has 0 aliphatic carbocycles. The fourth-order valence-electron chi connectivity index (χ4n) is 2.58. The number of anilines is 2. The van der Waals surface area contributed by atoms with E-state index >= 15 is 0 Å². The van der Waals surface area contributed by atoms with Crippen molar-refractivity contribution in [3.63, 3.8) is 0 Å². The minimum Gasteiger partial charge on any atom is -0.384 e. The lowest BCUT2D eigenvalue weighted by atomic mass is 10.1. The molecule has 7 nitrogen and oxygen atoms in total. The molecule has 0 atom stereocenters. The van der Waals surface area contributed by atoms with Gasteiger partial charge in [0.25, 0.3) is 11.8 Å². The Bertz CT molecular complexity index is 812. The minimum absolute atomic E-state index is 0.00921. The third kappa shape index (κ3) is 2.83. The first-order valence-corrected chi connectivity index (χ1v) is 7.45. The van der Waals surface area contributed by atoms with E-state index in [9.17, 15) is 14.4 Å². The van der Waals surface area contributed by atoms with Crippen LogP contribution >= 0.6 is 0 Å². The van der Waals surface area contributed by atoms with Crippen molar-refractivity contribution >= 4 is 29.2 Å². The van der Waals surface area contributed by atoms with E-state index in [1.165, 1.54) is 0 Å². The Kier molecular flexibility index (Phi) is 3.99. The maximum atomic E-state index is 12.2. The van der Waals surface area contributed by atoms with Gasteiger partial charge in [0.15, 0.2) is 0 Å². The van der Waals surface area contributed by atoms with E-state index in [1.54, 1.807) is 43.3 Å². The Morgan fingerprint density at radius 2 is 1.75 bits per heavy atom. The van der Waals surface area contributed by atoms with Gasteiger partial charge in [0.1, 0.15) is 5.82 Å². The van der Waals surface area contributed by atoms with Crippen molar-refractivity contribution in [2.24, 2.45) is 0 Å². The van der Waals surface area contributed by atoms with Crippen molar-refractivity contribution < 1.29 is 14.4 Å². The van der Waals surface area contributed by atoms with E-state index in [0.717, 1.165) is 4.90 Å². The monoisotopic (exact) mass is 324 g/mol. The Hall–Kier alpha value is -3.22. The van der Waals surface area contributed by atoms with Crippen LogP contribution < -0.4 is 11.1 Å². The highest BCUT2D eigenvalue weighted by molar-refractivity contribution is 6.21. The van der Waals surface area contributed by atoms with Crippen molar-refractivity contribution in [3.05, 3.63) is 53.2 Å². The number of carbonyl (C=O) groups is 3. The Morgan fingerprint density at radius 1 is 1.12 bits per heavy atom. The van der Waals surface area contributed by atoms with Crippen LogP contribution in [0.15, 0.2) is 36.4 Å². The highest BCUT2D eigenvalue weighted by Crippen LogP contribution is 2.22. The third-order valence-corrected chi connectivity index (χ3v) is 3.82. The predicted octanol–water partition coefficient (Wildman–Crippen LogP) is 1.60. The summed E-state index contributed by atoms with van der Waals surface area (Å²) in [4.78, 5) is 41.7. The standard InChI is InChI=1S/C17H16N4O3/c1-10-13(6-7-14(18)19-10)20-15(22)8-9-21-16(23)11-4-2-3-5-12(11)17(21)24/h2-7H,8-9H2,1H3,(H2,18,19)(H,20,22). The second kappa shape index (κ2) is 6.11. The number of carbonyl (C=O) groups excluding carboxylic acids is 3. The zero-order valence-corrected chi connectivity index (χ0v) is 13.1. The molecule has 1 aromatic heterocycles. The van der Waals surface area contributed by atoms with E-state index in [0.29, 0.717) is 28.3 Å². The second-order valence-corrected chi connectivity index (χ2v) is 5.47. The lowest BCUT2D eigenvalue weighted by Crippen LogP contribution is -2.33. The number of hydrogen-bond acceptors (Lipinski definition) is 5. The average molecular weight is 324 g/mol. The number of nitrogens with one attached hydrogen (secondary N) is 1. The number of aromatic nitrogens is 1. The molecule has 2 heterocycles. The van der Waals surface area contributed by atoms with Crippen LogP contribution in [0.1, 0.15) is 32.8 Å². The number of hydrogen-bond donors (Lipinski definition) is 2. The van der Waals surface area contributed by atoms with Crippen LogP contribution in [-0.2, 0) is 4.79 Å². The van der Waals surface area contributed by atoms with Gasteiger partial charge in [0, 0.05) is 13.0 Å². The molecule has 3 rings (SSSR count). The van der Waals surface area contributed by atoms with Gasteiger partial charge in [-0.1, -0.05) is 12.1 Å². The van der Waals surface area contributed by atoms with Gasteiger partial charge in [-0.05, 0) is 31.2 Å². The van der Waals surface area contributed by atoms with Crippen LogP contribution in [0.3, 0.4) is 0 Å². The number of imide groups is 1. The number of pyridine rings is 1. The van der Waals surface area contributed by atoms with Crippen LogP contribution in [0.2, 0.25) is 0 Å². The normalized spacial score (nSPS) is 13.1. The first kappa shape index (κ1) is 15.7. The minimum atomic E-state index is -0.367. The van der Waals surface area contributed by atoms with Crippen molar-refractivity contribution in [2.75, 3.05) is 17.6 Å². The van der Waals surface area contributed by atoms with E-state index < -0.39 is 0 Å². The van der Waals surface area contributed by atoms with Crippen molar-refractivity contribution in [3.8, 4) is 0 Å². The van der Waals surface area contributed by atoms with Gasteiger partial charge in [-0.3, -0.25) is 19.3 Å². The molecule has 3 amide bonds. The van der Waals surface area contributed by atoms with E-state index in [1.807, 2.05) is 0 Å². The van der Waals surface area contributed by atoms with Gasteiger partial charge in [-0.2, -0.15) is 0 Å². The molecule has 3 N–H and O–H groups in total. The summed E-state index contributed by atoms with van der Waals surface area (Å²) in [7, 11) is 0. The quantitative estimate of drug-likeness (QED) is 0.831. The van der Waals surface area contributed by atoms with Crippen LogP contribution in [0, 0.1) is 6.92 Å². The highest BCUT2D eigenvalue weighted by Gasteiger charge is 2.34. The number of rotatable bonds is 4.